The van der Waals surface area contributed by atoms with Crippen molar-refractivity contribution in [1.29, 1.82) is 0 Å². The summed E-state index contributed by atoms with van der Waals surface area (Å²) in [5.41, 5.74) is 0.285. The fourth-order valence-corrected chi connectivity index (χ4v) is 4.28. The minimum absolute atomic E-state index is 0.211. The van der Waals surface area contributed by atoms with Gasteiger partial charge >= 0.3 is 6.18 Å². The van der Waals surface area contributed by atoms with Crippen LogP contribution in [0.2, 0.25) is 0 Å². The Morgan fingerprint density at radius 3 is 2.28 bits per heavy atom. The highest BCUT2D eigenvalue weighted by Crippen LogP contribution is 2.43. The van der Waals surface area contributed by atoms with Gasteiger partial charge in [-0.1, -0.05) is 36.4 Å². The summed E-state index contributed by atoms with van der Waals surface area (Å²) in [6.45, 7) is 0. The monoisotopic (exact) mass is 415 g/mol. The van der Waals surface area contributed by atoms with Gasteiger partial charge in [-0.05, 0) is 48.0 Å². The third-order valence-corrected chi connectivity index (χ3v) is 5.68. The molecular weight excluding hydrogens is 399 g/mol. The number of halogens is 3. The maximum Gasteiger partial charge on any atom is 0.416 e. The van der Waals surface area contributed by atoms with Crippen molar-refractivity contribution in [3.05, 3.63) is 90.0 Å². The van der Waals surface area contributed by atoms with E-state index in [1.807, 2.05) is 42.5 Å². The summed E-state index contributed by atoms with van der Waals surface area (Å²) in [6, 6.07) is 21.4. The number of carbonyl (C=O) groups excluding carboxylic acids is 1. The lowest BCUT2D eigenvalue weighted by Crippen LogP contribution is -2.28. The molecule has 1 aliphatic rings. The molecule has 7 heteroatoms. The molecule has 1 unspecified atom stereocenters. The first-order valence-corrected chi connectivity index (χ1v) is 9.90. The van der Waals surface area contributed by atoms with Gasteiger partial charge in [-0.25, -0.2) is 0 Å². The van der Waals surface area contributed by atoms with Crippen molar-refractivity contribution < 1.29 is 22.7 Å². The number of ether oxygens (including phenoxy) is 1. The molecule has 0 aromatic heterocycles. The van der Waals surface area contributed by atoms with Crippen LogP contribution < -0.4 is 9.64 Å². The van der Waals surface area contributed by atoms with E-state index in [1.165, 1.54) is 28.8 Å². The van der Waals surface area contributed by atoms with E-state index in [1.54, 1.807) is 12.1 Å². The predicted octanol–water partition coefficient (Wildman–Crippen LogP) is 6.28. The van der Waals surface area contributed by atoms with Crippen LogP contribution in [0.3, 0.4) is 0 Å². The molecule has 0 aliphatic carbocycles. The Bertz CT molecular complexity index is 1010. The van der Waals surface area contributed by atoms with Crippen molar-refractivity contribution >= 4 is 23.4 Å². The van der Waals surface area contributed by atoms with Gasteiger partial charge in [0.05, 0.1) is 11.3 Å². The minimum Gasteiger partial charge on any atom is -0.457 e. The third-order valence-electron chi connectivity index (χ3n) is 4.46. The molecule has 148 valence electrons. The second-order valence-corrected chi connectivity index (χ2v) is 7.53. The number of benzene rings is 3. The van der Waals surface area contributed by atoms with Crippen LogP contribution in [-0.2, 0) is 11.0 Å². The SMILES string of the molecule is O=C1CSC(c2ccc(Oc3ccccc3)cc2)N1c1cccc(C(F)(F)F)c1. The Labute approximate surface area is 170 Å². The standard InChI is InChI=1S/C22H16F3NO2S/c23-22(24,25)16-5-4-6-17(13-16)26-20(27)14-29-21(26)15-9-11-19(12-10-15)28-18-7-2-1-3-8-18/h1-13,21H,14H2. The Kier molecular flexibility index (Phi) is 5.24. The molecule has 1 saturated heterocycles. The summed E-state index contributed by atoms with van der Waals surface area (Å²) >= 11 is 1.38. The number of hydrogen-bond acceptors (Lipinski definition) is 3. The van der Waals surface area contributed by atoms with E-state index in [0.29, 0.717) is 11.5 Å². The molecule has 1 atom stereocenters. The van der Waals surface area contributed by atoms with Gasteiger partial charge in [0.2, 0.25) is 5.91 Å². The van der Waals surface area contributed by atoms with Crippen LogP contribution in [0.1, 0.15) is 16.5 Å². The Hall–Kier alpha value is -2.93. The van der Waals surface area contributed by atoms with Gasteiger partial charge in [0.25, 0.3) is 0 Å². The number of thioether (sulfide) groups is 1. The lowest BCUT2D eigenvalue weighted by molar-refractivity contribution is -0.137. The summed E-state index contributed by atoms with van der Waals surface area (Å²) in [4.78, 5) is 13.9. The van der Waals surface area contributed by atoms with E-state index in [4.69, 9.17) is 4.74 Å². The zero-order valence-electron chi connectivity index (χ0n) is 15.1. The van der Waals surface area contributed by atoms with E-state index in [2.05, 4.69) is 0 Å². The molecule has 1 fully saturated rings. The second kappa shape index (κ2) is 7.83. The molecule has 29 heavy (non-hydrogen) atoms. The number of para-hydroxylation sites is 1. The molecule has 3 nitrogen and oxygen atoms in total. The molecule has 4 rings (SSSR count). The van der Waals surface area contributed by atoms with E-state index in [-0.39, 0.29) is 17.3 Å². The molecule has 0 radical (unpaired) electrons. The van der Waals surface area contributed by atoms with Crippen LogP contribution in [0.4, 0.5) is 18.9 Å². The second-order valence-electron chi connectivity index (χ2n) is 6.46. The summed E-state index contributed by atoms with van der Waals surface area (Å²) in [5.74, 6) is 1.34. The van der Waals surface area contributed by atoms with Crippen molar-refractivity contribution in [3.63, 3.8) is 0 Å². The normalized spacial score (nSPS) is 16.9. The number of nitrogens with zero attached hydrogens (tertiary/aromatic N) is 1. The lowest BCUT2D eigenvalue weighted by Gasteiger charge is -2.25. The zero-order chi connectivity index (χ0) is 20.4. The molecule has 0 spiro atoms. The van der Waals surface area contributed by atoms with Crippen LogP contribution in [-0.4, -0.2) is 11.7 Å². The number of amides is 1. The quantitative estimate of drug-likeness (QED) is 0.503. The van der Waals surface area contributed by atoms with Gasteiger partial charge in [-0.2, -0.15) is 13.2 Å². The van der Waals surface area contributed by atoms with E-state index in [9.17, 15) is 18.0 Å². The number of alkyl halides is 3. The lowest BCUT2D eigenvalue weighted by atomic mass is 10.1. The average Bonchev–Trinajstić information content (AvgIpc) is 3.10. The molecule has 0 N–H and O–H groups in total. The van der Waals surface area contributed by atoms with Crippen LogP contribution in [0, 0.1) is 0 Å². The van der Waals surface area contributed by atoms with Crippen molar-refractivity contribution in [3.8, 4) is 11.5 Å². The van der Waals surface area contributed by atoms with Crippen molar-refractivity contribution in [2.24, 2.45) is 0 Å². The summed E-state index contributed by atoms with van der Waals surface area (Å²) in [5, 5.41) is -0.392. The molecular formula is C22H16F3NO2S. The van der Waals surface area contributed by atoms with Gasteiger partial charge in [0, 0.05) is 5.69 Å². The maximum absolute atomic E-state index is 13.1. The van der Waals surface area contributed by atoms with Crippen molar-refractivity contribution in [2.45, 2.75) is 11.6 Å². The average molecular weight is 415 g/mol. The highest BCUT2D eigenvalue weighted by atomic mass is 32.2. The number of anilines is 1. The summed E-state index contributed by atoms with van der Waals surface area (Å²) in [6.07, 6.45) is -4.46. The van der Waals surface area contributed by atoms with Crippen molar-refractivity contribution in [1.82, 2.24) is 0 Å². The Morgan fingerprint density at radius 2 is 1.59 bits per heavy atom. The first-order valence-electron chi connectivity index (χ1n) is 8.85. The number of hydrogen-bond donors (Lipinski definition) is 0. The molecule has 3 aromatic carbocycles. The fraction of sp³-hybridized carbons (Fsp3) is 0.136. The smallest absolute Gasteiger partial charge is 0.416 e. The summed E-state index contributed by atoms with van der Waals surface area (Å²) in [7, 11) is 0. The molecule has 1 amide bonds. The van der Waals surface area contributed by atoms with E-state index in [0.717, 1.165) is 17.7 Å². The minimum atomic E-state index is -4.46. The first-order chi connectivity index (χ1) is 13.9. The molecule has 3 aromatic rings. The van der Waals surface area contributed by atoms with Gasteiger partial charge < -0.3 is 4.74 Å². The molecule has 1 heterocycles. The van der Waals surface area contributed by atoms with E-state index < -0.39 is 17.1 Å². The van der Waals surface area contributed by atoms with Gasteiger partial charge in [-0.3, -0.25) is 9.69 Å². The Balaban J connectivity index is 1.58. The van der Waals surface area contributed by atoms with Gasteiger partial charge in [-0.15, -0.1) is 11.8 Å². The number of carbonyl (C=O) groups is 1. The van der Waals surface area contributed by atoms with Crippen LogP contribution >= 0.6 is 11.8 Å². The van der Waals surface area contributed by atoms with Crippen molar-refractivity contribution in [2.75, 3.05) is 10.7 Å². The fourth-order valence-electron chi connectivity index (χ4n) is 3.11. The summed E-state index contributed by atoms with van der Waals surface area (Å²) < 4.78 is 45.0. The molecule has 0 bridgehead atoms. The third kappa shape index (κ3) is 4.24. The highest BCUT2D eigenvalue weighted by Gasteiger charge is 2.36. The predicted molar refractivity (Wildman–Crippen MR) is 107 cm³/mol. The topological polar surface area (TPSA) is 29.5 Å². The molecule has 0 saturated carbocycles. The first kappa shape index (κ1) is 19.4. The zero-order valence-corrected chi connectivity index (χ0v) is 15.9. The van der Waals surface area contributed by atoms with E-state index >= 15 is 0 Å². The Morgan fingerprint density at radius 1 is 0.897 bits per heavy atom. The maximum atomic E-state index is 13.1. The number of rotatable bonds is 4. The van der Waals surface area contributed by atoms with Crippen LogP contribution in [0.15, 0.2) is 78.9 Å². The van der Waals surface area contributed by atoms with Gasteiger partial charge in [0.1, 0.15) is 16.9 Å². The van der Waals surface area contributed by atoms with Crippen LogP contribution in [0.25, 0.3) is 0 Å². The van der Waals surface area contributed by atoms with Gasteiger partial charge in [0.15, 0.2) is 0 Å². The highest BCUT2D eigenvalue weighted by molar-refractivity contribution is 8.00. The molecule has 1 aliphatic heterocycles. The largest absolute Gasteiger partial charge is 0.457 e. The van der Waals surface area contributed by atoms with Crippen LogP contribution in [0.5, 0.6) is 11.5 Å².